The fraction of sp³-hybridized carbons (Fsp3) is 0.167. The van der Waals surface area contributed by atoms with Crippen molar-refractivity contribution < 1.29 is 0 Å². The summed E-state index contributed by atoms with van der Waals surface area (Å²) in [6, 6.07) is 26.5. The molecule has 4 heteroatoms. The zero-order valence-corrected chi connectivity index (χ0v) is 16.4. The number of nitrogens with one attached hydrogen (secondary N) is 1. The summed E-state index contributed by atoms with van der Waals surface area (Å²) in [6.07, 6.45) is 1.87. The Bertz CT molecular complexity index is 1020. The van der Waals surface area contributed by atoms with Crippen molar-refractivity contribution in [3.8, 4) is 0 Å². The zero-order chi connectivity index (χ0) is 19.6. The number of fused-ring (bicyclic) bond motifs is 1. The monoisotopic (exact) mass is 368 g/mol. The molecule has 3 aromatic rings. The lowest BCUT2D eigenvalue weighted by atomic mass is 9.84. The summed E-state index contributed by atoms with van der Waals surface area (Å²) in [5.41, 5.74) is 6.50. The van der Waals surface area contributed by atoms with Gasteiger partial charge in [0.1, 0.15) is 0 Å². The Hall–Kier alpha value is -3.40. The number of rotatable bonds is 4. The summed E-state index contributed by atoms with van der Waals surface area (Å²) in [5, 5.41) is 12.1. The molecule has 0 saturated carbocycles. The molecule has 140 valence electrons. The van der Waals surface area contributed by atoms with Crippen LogP contribution in [0, 0.1) is 0 Å². The first-order chi connectivity index (χ1) is 13.6. The van der Waals surface area contributed by atoms with Crippen LogP contribution < -0.4 is 10.2 Å². The average molecular weight is 368 g/mol. The largest absolute Gasteiger partial charge is 0.356 e. The van der Waals surface area contributed by atoms with Crippen LogP contribution in [-0.2, 0) is 5.41 Å². The van der Waals surface area contributed by atoms with E-state index in [1.54, 1.807) is 0 Å². The van der Waals surface area contributed by atoms with E-state index in [1.165, 1.54) is 11.3 Å². The van der Waals surface area contributed by atoms with E-state index in [0.717, 1.165) is 22.8 Å². The summed E-state index contributed by atoms with van der Waals surface area (Å²) in [4.78, 5) is 2.20. The molecule has 0 spiro atoms. The van der Waals surface area contributed by atoms with E-state index in [9.17, 15) is 0 Å². The van der Waals surface area contributed by atoms with Crippen LogP contribution in [0.2, 0.25) is 0 Å². The number of hydrogen-bond donors (Lipinski definition) is 1. The van der Waals surface area contributed by atoms with Crippen molar-refractivity contribution in [2.24, 2.45) is 10.2 Å². The molecule has 0 fully saturated rings. The lowest BCUT2D eigenvalue weighted by Crippen LogP contribution is -2.22. The van der Waals surface area contributed by atoms with Crippen molar-refractivity contribution in [1.82, 2.24) is 0 Å². The second-order valence-corrected chi connectivity index (χ2v) is 7.47. The summed E-state index contributed by atoms with van der Waals surface area (Å²) in [6.45, 7) is 4.45. The topological polar surface area (TPSA) is 40.0 Å². The Balaban J connectivity index is 1.49. The number of allylic oxidation sites excluding steroid dienone is 1. The van der Waals surface area contributed by atoms with E-state index >= 15 is 0 Å². The minimum Gasteiger partial charge on any atom is -0.356 e. The minimum absolute atomic E-state index is 0.0895. The van der Waals surface area contributed by atoms with Gasteiger partial charge in [-0.05, 0) is 48.0 Å². The summed E-state index contributed by atoms with van der Waals surface area (Å²) in [5.74, 6) is 0. The third-order valence-corrected chi connectivity index (χ3v) is 5.22. The first kappa shape index (κ1) is 18.0. The van der Waals surface area contributed by atoms with Crippen molar-refractivity contribution in [2.75, 3.05) is 17.3 Å². The molecule has 0 radical (unpaired) electrons. The highest BCUT2D eigenvalue weighted by atomic mass is 15.2. The maximum absolute atomic E-state index is 4.37. The van der Waals surface area contributed by atoms with E-state index < -0.39 is 0 Å². The Morgan fingerprint density at radius 3 is 2.18 bits per heavy atom. The van der Waals surface area contributed by atoms with Crippen molar-refractivity contribution >= 4 is 22.7 Å². The smallest absolute Gasteiger partial charge is 0.0858 e. The number of nitrogens with zero attached hydrogens (tertiary/aromatic N) is 3. The highest BCUT2D eigenvalue weighted by molar-refractivity contribution is 5.69. The lowest BCUT2D eigenvalue weighted by molar-refractivity contribution is 0.637. The average Bonchev–Trinajstić information content (AvgIpc) is 2.91. The lowest BCUT2D eigenvalue weighted by Gasteiger charge is -2.22. The second-order valence-electron chi connectivity index (χ2n) is 7.47. The fourth-order valence-electron chi connectivity index (χ4n) is 3.68. The maximum atomic E-state index is 4.37. The van der Waals surface area contributed by atoms with Gasteiger partial charge >= 0.3 is 0 Å². The minimum atomic E-state index is -0.0895. The molecule has 1 aliphatic rings. The second kappa shape index (κ2) is 7.31. The quantitative estimate of drug-likeness (QED) is 0.515. The molecule has 0 aromatic heterocycles. The molecule has 28 heavy (non-hydrogen) atoms. The third kappa shape index (κ3) is 3.41. The van der Waals surface area contributed by atoms with Crippen LogP contribution in [0.15, 0.2) is 101 Å². The Labute approximate surface area is 166 Å². The van der Waals surface area contributed by atoms with Crippen LogP contribution in [0.25, 0.3) is 0 Å². The maximum Gasteiger partial charge on any atom is 0.0858 e. The Morgan fingerprint density at radius 1 is 0.821 bits per heavy atom. The zero-order valence-electron chi connectivity index (χ0n) is 16.4. The molecule has 4 rings (SSSR count). The highest BCUT2D eigenvalue weighted by Gasteiger charge is 2.38. The van der Waals surface area contributed by atoms with E-state index in [2.05, 4.69) is 65.6 Å². The normalized spacial score (nSPS) is 16.5. The van der Waals surface area contributed by atoms with Crippen molar-refractivity contribution in [2.45, 2.75) is 19.3 Å². The highest BCUT2D eigenvalue weighted by Crippen LogP contribution is 2.46. The molecule has 0 saturated heterocycles. The van der Waals surface area contributed by atoms with Crippen LogP contribution in [0.3, 0.4) is 0 Å². The number of hydrogen-bond acceptors (Lipinski definition) is 4. The van der Waals surface area contributed by atoms with Crippen molar-refractivity contribution in [3.63, 3.8) is 0 Å². The van der Waals surface area contributed by atoms with E-state index in [-0.39, 0.29) is 5.41 Å². The van der Waals surface area contributed by atoms with Crippen LogP contribution in [0.1, 0.15) is 19.4 Å². The molecule has 0 bridgehead atoms. The van der Waals surface area contributed by atoms with Gasteiger partial charge in [-0.2, -0.15) is 10.2 Å². The van der Waals surface area contributed by atoms with Crippen LogP contribution in [-0.4, -0.2) is 7.05 Å². The van der Waals surface area contributed by atoms with E-state index in [0.29, 0.717) is 0 Å². The summed E-state index contributed by atoms with van der Waals surface area (Å²) in [7, 11) is 2.08. The number of anilines is 3. The number of benzene rings is 3. The number of azo groups is 1. The molecular formula is C24H24N4. The van der Waals surface area contributed by atoms with Gasteiger partial charge < -0.3 is 10.2 Å². The van der Waals surface area contributed by atoms with Gasteiger partial charge in [-0.1, -0.05) is 50.2 Å². The molecule has 4 nitrogen and oxygen atoms in total. The number of likely N-dealkylation sites (N-methyl/N-ethyl adjacent to an activating group) is 1. The van der Waals surface area contributed by atoms with Gasteiger partial charge in [0.25, 0.3) is 0 Å². The molecular weight excluding hydrogens is 344 g/mol. The molecule has 1 heterocycles. The van der Waals surface area contributed by atoms with E-state index in [4.69, 9.17) is 0 Å². The number of para-hydroxylation sites is 2. The first-order valence-electron chi connectivity index (χ1n) is 9.42. The molecule has 0 amide bonds. The molecule has 1 N–H and O–H groups in total. The third-order valence-electron chi connectivity index (χ3n) is 5.22. The van der Waals surface area contributed by atoms with Crippen LogP contribution in [0.4, 0.5) is 22.7 Å². The van der Waals surface area contributed by atoms with Crippen LogP contribution >= 0.6 is 0 Å². The van der Waals surface area contributed by atoms with Crippen LogP contribution in [0.5, 0.6) is 0 Å². The molecule has 0 unspecified atom stereocenters. The molecule has 0 atom stereocenters. The predicted octanol–water partition coefficient (Wildman–Crippen LogP) is 6.78. The van der Waals surface area contributed by atoms with Gasteiger partial charge in [-0.25, -0.2) is 0 Å². The Kier molecular flexibility index (Phi) is 4.70. The summed E-state index contributed by atoms with van der Waals surface area (Å²) >= 11 is 0. The van der Waals surface area contributed by atoms with Gasteiger partial charge in [0.05, 0.1) is 11.9 Å². The van der Waals surface area contributed by atoms with E-state index in [1.807, 2.05) is 60.8 Å². The fourth-order valence-corrected chi connectivity index (χ4v) is 3.68. The first-order valence-corrected chi connectivity index (χ1v) is 9.42. The Morgan fingerprint density at radius 2 is 1.46 bits per heavy atom. The molecule has 0 aliphatic carbocycles. The standard InChI is InChI=1S/C24H24N4/c1-24(2)21-11-7-8-12-22(21)28(3)23(24)17-25-27-20-15-13-19(14-16-20)26-18-9-5-4-6-10-18/h4-17,26H,1-3H3/b23-17-,27-25?. The SMILES string of the molecule is CN1/C(=C\N=Nc2ccc(Nc3ccccc3)cc2)C(C)(C)c2ccccc21. The van der Waals surface area contributed by atoms with Gasteiger partial charge in [0.15, 0.2) is 0 Å². The van der Waals surface area contributed by atoms with Gasteiger partial charge in [-0.15, -0.1) is 0 Å². The van der Waals surface area contributed by atoms with Gasteiger partial charge in [0, 0.05) is 35.2 Å². The van der Waals surface area contributed by atoms with Crippen molar-refractivity contribution in [1.29, 1.82) is 0 Å². The molecule has 3 aromatic carbocycles. The van der Waals surface area contributed by atoms with Gasteiger partial charge in [0.2, 0.25) is 0 Å². The summed E-state index contributed by atoms with van der Waals surface area (Å²) < 4.78 is 0. The van der Waals surface area contributed by atoms with Gasteiger partial charge in [-0.3, -0.25) is 0 Å². The molecule has 1 aliphatic heterocycles. The van der Waals surface area contributed by atoms with Crippen molar-refractivity contribution in [3.05, 3.63) is 96.3 Å². The predicted molar refractivity (Wildman–Crippen MR) is 117 cm³/mol.